The second-order valence-corrected chi connectivity index (χ2v) is 16.1. The molecule has 216 valence electrons. The first-order valence-electron chi connectivity index (χ1n) is 15.8. The van der Waals surface area contributed by atoms with E-state index in [1.165, 1.54) is 16.4 Å². The molecule has 3 heterocycles. The number of hydrogen-bond donors (Lipinski definition) is 0. The van der Waals surface area contributed by atoms with Gasteiger partial charge in [-0.15, -0.1) is 0 Å². The second kappa shape index (κ2) is 9.06. The van der Waals surface area contributed by atoms with Crippen LogP contribution in [0.5, 0.6) is 0 Å². The molecule has 46 heavy (non-hydrogen) atoms. The molecule has 0 saturated carbocycles. The van der Waals surface area contributed by atoms with Gasteiger partial charge in [-0.25, -0.2) is 0 Å². The van der Waals surface area contributed by atoms with E-state index in [2.05, 4.69) is 157 Å². The molecule has 1 spiro atoms. The highest BCUT2D eigenvalue weighted by Crippen LogP contribution is 2.71. The number of fused-ring (bicyclic) bond motifs is 12. The molecule has 0 atom stereocenters. The van der Waals surface area contributed by atoms with Crippen molar-refractivity contribution in [1.29, 1.82) is 0 Å². The van der Waals surface area contributed by atoms with Crippen molar-refractivity contribution in [3.8, 4) is 22.3 Å². The monoisotopic (exact) mass is 605 g/mol. The molecule has 0 aliphatic carbocycles. The maximum atomic E-state index is 17.0. The molecular formula is C42H28BNOS. The molecule has 0 unspecified atom stereocenters. The summed E-state index contributed by atoms with van der Waals surface area (Å²) in [6.45, 7) is 0.113. The molecule has 10 rings (SSSR count). The molecule has 0 N–H and O–H groups in total. The summed E-state index contributed by atoms with van der Waals surface area (Å²) in [6.07, 6.45) is 0. The Hall–Kier alpha value is -5.45. The summed E-state index contributed by atoms with van der Waals surface area (Å²) < 4.78 is 17.0. The first-order chi connectivity index (χ1) is 22.7. The van der Waals surface area contributed by atoms with Gasteiger partial charge in [0.2, 0.25) is 6.71 Å². The fourth-order valence-electron chi connectivity index (χ4n) is 8.44. The number of rotatable bonds is 2. The Balaban J connectivity index is 1.29. The van der Waals surface area contributed by atoms with E-state index in [1.807, 2.05) is 18.2 Å². The minimum absolute atomic E-state index is 0.113. The molecular weight excluding hydrogens is 577 g/mol. The van der Waals surface area contributed by atoms with Gasteiger partial charge in [-0.3, -0.25) is 4.21 Å². The van der Waals surface area contributed by atoms with Gasteiger partial charge in [-0.05, 0) is 75.6 Å². The van der Waals surface area contributed by atoms with Crippen molar-refractivity contribution in [3.05, 3.63) is 170 Å². The minimum atomic E-state index is -3.94. The van der Waals surface area contributed by atoms with Gasteiger partial charge >= 0.3 is 0 Å². The van der Waals surface area contributed by atoms with Gasteiger partial charge in [0.25, 0.3) is 0 Å². The molecule has 0 amide bonds. The quantitative estimate of drug-likeness (QED) is 0.185. The third kappa shape index (κ3) is 3.00. The van der Waals surface area contributed by atoms with E-state index in [9.17, 15) is 0 Å². The van der Waals surface area contributed by atoms with Gasteiger partial charge in [-0.2, -0.15) is 0 Å². The van der Waals surface area contributed by atoms with E-state index in [0.717, 1.165) is 58.9 Å². The van der Waals surface area contributed by atoms with E-state index < -0.39 is 9.07 Å². The lowest BCUT2D eigenvalue weighted by molar-refractivity contribution is 0.658. The van der Waals surface area contributed by atoms with E-state index in [0.29, 0.717) is 0 Å². The fourth-order valence-corrected chi connectivity index (χ4v) is 13.6. The van der Waals surface area contributed by atoms with Crippen molar-refractivity contribution in [2.75, 3.05) is 4.90 Å². The van der Waals surface area contributed by atoms with Gasteiger partial charge in [0.15, 0.2) is 0 Å². The Morgan fingerprint density at radius 2 is 0.848 bits per heavy atom. The normalized spacial score (nSPS) is 16.3. The zero-order valence-electron chi connectivity index (χ0n) is 25.0. The Kier molecular flexibility index (Phi) is 5.09. The van der Waals surface area contributed by atoms with Crippen LogP contribution in [-0.2, 0) is 9.07 Å². The molecule has 0 fully saturated rings. The predicted octanol–water partition coefficient (Wildman–Crippen LogP) is 8.30. The Bertz CT molecular complexity index is 2350. The summed E-state index contributed by atoms with van der Waals surface area (Å²) in [5, 5.41) is 0. The Morgan fingerprint density at radius 1 is 0.413 bits per heavy atom. The number of nitrogens with zero attached hydrogens (tertiary/aromatic N) is 1. The zero-order valence-corrected chi connectivity index (χ0v) is 25.8. The zero-order chi connectivity index (χ0) is 30.5. The van der Waals surface area contributed by atoms with E-state index in [4.69, 9.17) is 0 Å². The average Bonchev–Trinajstić information content (AvgIpc) is 3.51. The first kappa shape index (κ1) is 25.8. The maximum absolute atomic E-state index is 17.0. The topological polar surface area (TPSA) is 20.3 Å². The van der Waals surface area contributed by atoms with Gasteiger partial charge in [0, 0.05) is 45.7 Å². The number of anilines is 3. The number of hydrogen-bond acceptors (Lipinski definition) is 2. The van der Waals surface area contributed by atoms with Crippen LogP contribution in [0.2, 0.25) is 0 Å². The SMILES string of the molecule is O=S12(c3ccccc3-c3ccccc31)c1ccccc1-c1ccc(N3c4ccccc4B(c4ccccc4)c4ccccc43)cc12. The highest BCUT2D eigenvalue weighted by molar-refractivity contribution is 8.21. The van der Waals surface area contributed by atoms with Crippen molar-refractivity contribution in [3.63, 3.8) is 0 Å². The van der Waals surface area contributed by atoms with Gasteiger partial charge in [-0.1, -0.05) is 133 Å². The molecule has 4 heteroatoms. The lowest BCUT2D eigenvalue weighted by Crippen LogP contribution is -2.57. The number of para-hydroxylation sites is 2. The van der Waals surface area contributed by atoms with Crippen LogP contribution in [0.4, 0.5) is 17.1 Å². The third-order valence-corrected chi connectivity index (χ3v) is 15.0. The summed E-state index contributed by atoms with van der Waals surface area (Å²) in [7, 11) is -3.94. The fraction of sp³-hybridized carbons (Fsp3) is 0. The van der Waals surface area contributed by atoms with Crippen LogP contribution in [0.3, 0.4) is 0 Å². The van der Waals surface area contributed by atoms with E-state index in [1.54, 1.807) is 0 Å². The molecule has 0 saturated heterocycles. The van der Waals surface area contributed by atoms with Crippen LogP contribution in [-0.4, -0.2) is 10.9 Å². The summed E-state index contributed by atoms with van der Waals surface area (Å²) >= 11 is 0. The minimum Gasteiger partial charge on any atom is -0.311 e. The largest absolute Gasteiger partial charge is 0.311 e. The maximum Gasteiger partial charge on any atom is 0.246 e. The standard InChI is InChI=1S/C42H28BNOS/c45-46(39-23-11-4-16-31(39)32-17-5-12-24-40(32)46)41-25-13-6-18-33(41)34-27-26-30(28-42(34)46)44-37-21-9-7-19-35(37)43(29-14-2-1-3-15-29)36-20-8-10-22-38(36)44/h1-28H. The van der Waals surface area contributed by atoms with Crippen molar-refractivity contribution in [2.45, 2.75) is 19.6 Å². The number of benzene rings is 7. The molecule has 7 aromatic carbocycles. The van der Waals surface area contributed by atoms with Crippen LogP contribution in [0.25, 0.3) is 22.3 Å². The first-order valence-corrected chi connectivity index (χ1v) is 17.8. The summed E-state index contributed by atoms with van der Waals surface area (Å²) in [5.41, 5.74) is 11.3. The third-order valence-electron chi connectivity index (χ3n) is 10.3. The van der Waals surface area contributed by atoms with Gasteiger partial charge in [0.05, 0.1) is 0 Å². The van der Waals surface area contributed by atoms with Crippen LogP contribution in [0, 0.1) is 0 Å². The molecule has 0 bridgehead atoms. The molecule has 2 nitrogen and oxygen atoms in total. The summed E-state index contributed by atoms with van der Waals surface area (Å²) in [4.78, 5) is 6.00. The average molecular weight is 606 g/mol. The van der Waals surface area contributed by atoms with Crippen molar-refractivity contribution in [2.24, 2.45) is 0 Å². The van der Waals surface area contributed by atoms with Crippen LogP contribution < -0.4 is 21.3 Å². The Labute approximate surface area is 269 Å². The Morgan fingerprint density at radius 3 is 1.39 bits per heavy atom. The van der Waals surface area contributed by atoms with Crippen LogP contribution in [0.1, 0.15) is 0 Å². The lowest BCUT2D eigenvalue weighted by atomic mass is 9.35. The van der Waals surface area contributed by atoms with Gasteiger partial charge < -0.3 is 4.90 Å². The van der Waals surface area contributed by atoms with Crippen molar-refractivity contribution >= 4 is 49.2 Å². The van der Waals surface area contributed by atoms with Crippen LogP contribution in [0.15, 0.2) is 189 Å². The lowest BCUT2D eigenvalue weighted by Gasteiger charge is -2.40. The van der Waals surface area contributed by atoms with Crippen LogP contribution >= 0.6 is 0 Å². The molecule has 3 aliphatic heterocycles. The molecule has 0 radical (unpaired) electrons. The van der Waals surface area contributed by atoms with E-state index >= 15 is 4.21 Å². The summed E-state index contributed by atoms with van der Waals surface area (Å²) in [6, 6.07) is 59.9. The van der Waals surface area contributed by atoms with Gasteiger partial charge in [0.1, 0.15) is 0 Å². The highest BCUT2D eigenvalue weighted by atomic mass is 32.3. The van der Waals surface area contributed by atoms with Crippen molar-refractivity contribution in [1.82, 2.24) is 0 Å². The van der Waals surface area contributed by atoms with E-state index in [-0.39, 0.29) is 6.71 Å². The van der Waals surface area contributed by atoms with Crippen molar-refractivity contribution < 1.29 is 4.21 Å². The molecule has 3 aliphatic rings. The summed E-state index contributed by atoms with van der Waals surface area (Å²) in [5.74, 6) is 0. The highest BCUT2D eigenvalue weighted by Gasteiger charge is 2.57. The smallest absolute Gasteiger partial charge is 0.246 e. The second-order valence-electron chi connectivity index (χ2n) is 12.4. The molecule has 7 aromatic rings. The molecule has 0 aromatic heterocycles. The predicted molar refractivity (Wildman–Crippen MR) is 191 cm³/mol.